The molecule has 114 valence electrons. The molecule has 0 aromatic carbocycles. The molecule has 1 aromatic heterocycles. The largest absolute Gasteiger partial charge is 0.392 e. The average molecular weight is 278 g/mol. The van der Waals surface area contributed by atoms with Gasteiger partial charge in [0, 0.05) is 18.8 Å². The van der Waals surface area contributed by atoms with Crippen LogP contribution in [0.5, 0.6) is 0 Å². The highest BCUT2D eigenvalue weighted by Gasteiger charge is 2.13. The van der Waals surface area contributed by atoms with Crippen LogP contribution in [0.4, 0.5) is 5.82 Å². The van der Waals surface area contributed by atoms with Gasteiger partial charge in [0.15, 0.2) is 0 Å². The van der Waals surface area contributed by atoms with Crippen molar-refractivity contribution in [3.8, 4) is 0 Å². The second-order valence-electron chi connectivity index (χ2n) is 6.43. The van der Waals surface area contributed by atoms with E-state index in [2.05, 4.69) is 39.5 Å². The fraction of sp³-hybridized carbons (Fsp3) is 0.706. The number of aromatic nitrogens is 1. The maximum Gasteiger partial charge on any atom is 0.129 e. The van der Waals surface area contributed by atoms with Gasteiger partial charge in [0.1, 0.15) is 5.82 Å². The summed E-state index contributed by atoms with van der Waals surface area (Å²) >= 11 is 0. The summed E-state index contributed by atoms with van der Waals surface area (Å²) in [7, 11) is 0. The van der Waals surface area contributed by atoms with Gasteiger partial charge in [0.2, 0.25) is 0 Å². The van der Waals surface area contributed by atoms with Gasteiger partial charge in [-0.25, -0.2) is 4.98 Å². The second-order valence-corrected chi connectivity index (χ2v) is 6.43. The Morgan fingerprint density at radius 1 is 1.10 bits per heavy atom. The van der Waals surface area contributed by atoms with Crippen LogP contribution in [0.2, 0.25) is 0 Å². The predicted octanol–water partition coefficient (Wildman–Crippen LogP) is 3.64. The number of hydrogen-bond donors (Lipinski definition) is 1. The van der Waals surface area contributed by atoms with Crippen molar-refractivity contribution in [1.82, 2.24) is 4.98 Å². The zero-order chi connectivity index (χ0) is 15.1. The number of aliphatic hydroxyl groups excluding tert-OH is 1. The average Bonchev–Trinajstić information content (AvgIpc) is 2.37. The van der Waals surface area contributed by atoms with Gasteiger partial charge < -0.3 is 10.0 Å². The van der Waals surface area contributed by atoms with Gasteiger partial charge >= 0.3 is 0 Å². The molecule has 0 spiro atoms. The van der Waals surface area contributed by atoms with E-state index in [9.17, 15) is 5.11 Å². The zero-order valence-electron chi connectivity index (χ0n) is 13.7. The summed E-state index contributed by atoms with van der Waals surface area (Å²) in [6, 6.07) is 4.06. The molecule has 0 radical (unpaired) electrons. The van der Waals surface area contributed by atoms with Gasteiger partial charge in [-0.3, -0.25) is 0 Å². The van der Waals surface area contributed by atoms with Gasteiger partial charge in [-0.15, -0.1) is 0 Å². The van der Waals surface area contributed by atoms with E-state index >= 15 is 0 Å². The molecule has 3 nitrogen and oxygen atoms in total. The number of rotatable bonds is 8. The number of aliphatic hydroxyl groups is 1. The Morgan fingerprint density at radius 3 is 2.15 bits per heavy atom. The number of nitrogens with zero attached hydrogens (tertiary/aromatic N) is 2. The van der Waals surface area contributed by atoms with Gasteiger partial charge in [-0.05, 0) is 36.0 Å². The molecule has 1 N–H and O–H groups in total. The number of pyridine rings is 1. The van der Waals surface area contributed by atoms with Crippen molar-refractivity contribution in [2.45, 2.75) is 54.1 Å². The number of aryl methyl sites for hydroxylation is 1. The predicted molar refractivity (Wildman–Crippen MR) is 86.0 cm³/mol. The van der Waals surface area contributed by atoms with Gasteiger partial charge in [-0.2, -0.15) is 0 Å². The first-order valence-corrected chi connectivity index (χ1v) is 7.81. The lowest BCUT2D eigenvalue weighted by Gasteiger charge is -2.28. The Morgan fingerprint density at radius 2 is 1.70 bits per heavy atom. The first kappa shape index (κ1) is 17.0. The second kappa shape index (κ2) is 8.25. The molecule has 1 aromatic rings. The van der Waals surface area contributed by atoms with Crippen molar-refractivity contribution in [3.05, 3.63) is 23.4 Å². The Bertz CT molecular complexity index is 392. The molecule has 1 heterocycles. The van der Waals surface area contributed by atoms with E-state index in [1.807, 2.05) is 12.1 Å². The van der Waals surface area contributed by atoms with Crippen LogP contribution in [0.25, 0.3) is 0 Å². The van der Waals surface area contributed by atoms with Crippen LogP contribution >= 0.6 is 0 Å². The topological polar surface area (TPSA) is 36.4 Å². The van der Waals surface area contributed by atoms with Crippen molar-refractivity contribution in [2.24, 2.45) is 11.8 Å². The highest BCUT2D eigenvalue weighted by molar-refractivity contribution is 5.43. The quantitative estimate of drug-likeness (QED) is 0.788. The van der Waals surface area contributed by atoms with E-state index in [0.717, 1.165) is 43.0 Å². The summed E-state index contributed by atoms with van der Waals surface area (Å²) < 4.78 is 0. The molecule has 0 bridgehead atoms. The molecule has 0 aliphatic heterocycles. The minimum Gasteiger partial charge on any atom is -0.392 e. The molecule has 3 heteroatoms. The Balaban J connectivity index is 3.06. The lowest BCUT2D eigenvalue weighted by atomic mass is 10.1. The Labute approximate surface area is 124 Å². The lowest BCUT2D eigenvalue weighted by molar-refractivity contribution is 0.281. The van der Waals surface area contributed by atoms with E-state index in [0.29, 0.717) is 11.8 Å². The lowest BCUT2D eigenvalue weighted by Crippen LogP contribution is -2.32. The Kier molecular flexibility index (Phi) is 7.00. The van der Waals surface area contributed by atoms with Crippen LogP contribution in [-0.2, 0) is 13.0 Å². The van der Waals surface area contributed by atoms with Crippen LogP contribution in [-0.4, -0.2) is 23.2 Å². The van der Waals surface area contributed by atoms with Crippen LogP contribution < -0.4 is 4.90 Å². The summed E-state index contributed by atoms with van der Waals surface area (Å²) in [6.07, 6.45) is 2.05. The van der Waals surface area contributed by atoms with Crippen molar-refractivity contribution in [2.75, 3.05) is 18.0 Å². The SMILES string of the molecule is CCCc1cc(CO)cc(N(CC(C)C)CC(C)C)n1. The van der Waals surface area contributed by atoms with E-state index in [1.54, 1.807) is 0 Å². The monoisotopic (exact) mass is 278 g/mol. The van der Waals surface area contributed by atoms with Crippen molar-refractivity contribution in [1.29, 1.82) is 0 Å². The number of hydrogen-bond acceptors (Lipinski definition) is 3. The van der Waals surface area contributed by atoms with Crippen molar-refractivity contribution >= 4 is 5.82 Å². The normalized spacial score (nSPS) is 11.4. The maximum atomic E-state index is 9.45. The highest BCUT2D eigenvalue weighted by Crippen LogP contribution is 2.19. The third-order valence-electron chi connectivity index (χ3n) is 3.11. The molecule has 0 aliphatic carbocycles. The van der Waals surface area contributed by atoms with E-state index < -0.39 is 0 Å². The van der Waals surface area contributed by atoms with Gasteiger partial charge in [0.05, 0.1) is 6.61 Å². The molecule has 0 aliphatic rings. The fourth-order valence-electron chi connectivity index (χ4n) is 2.41. The minimum absolute atomic E-state index is 0.0867. The van der Waals surface area contributed by atoms with Crippen LogP contribution in [0.3, 0.4) is 0 Å². The van der Waals surface area contributed by atoms with E-state index in [4.69, 9.17) is 4.98 Å². The summed E-state index contributed by atoms with van der Waals surface area (Å²) in [6.45, 7) is 13.2. The molecule has 0 unspecified atom stereocenters. The first-order chi connectivity index (χ1) is 9.46. The van der Waals surface area contributed by atoms with Crippen molar-refractivity contribution in [3.63, 3.8) is 0 Å². The van der Waals surface area contributed by atoms with Gasteiger partial charge in [-0.1, -0.05) is 41.0 Å². The smallest absolute Gasteiger partial charge is 0.129 e. The number of anilines is 1. The summed E-state index contributed by atoms with van der Waals surface area (Å²) in [5.74, 6) is 2.22. The third kappa shape index (κ3) is 5.49. The van der Waals surface area contributed by atoms with Crippen LogP contribution in [0.1, 0.15) is 52.3 Å². The maximum absolute atomic E-state index is 9.45. The fourth-order valence-corrected chi connectivity index (χ4v) is 2.41. The standard InChI is InChI=1S/C17H30N2O/c1-6-7-16-8-15(12-20)9-17(18-16)19(10-13(2)3)11-14(4)5/h8-9,13-14,20H,6-7,10-12H2,1-5H3. The Hall–Kier alpha value is -1.09. The molecular weight excluding hydrogens is 248 g/mol. The first-order valence-electron chi connectivity index (χ1n) is 7.81. The van der Waals surface area contributed by atoms with Crippen LogP contribution in [0.15, 0.2) is 12.1 Å². The molecule has 0 amide bonds. The molecule has 0 fully saturated rings. The van der Waals surface area contributed by atoms with E-state index in [-0.39, 0.29) is 6.61 Å². The van der Waals surface area contributed by atoms with Crippen LogP contribution in [0, 0.1) is 11.8 Å². The summed E-state index contributed by atoms with van der Waals surface area (Å²) in [4.78, 5) is 7.15. The molecule has 1 rings (SSSR count). The van der Waals surface area contributed by atoms with Gasteiger partial charge in [0.25, 0.3) is 0 Å². The summed E-state index contributed by atoms with van der Waals surface area (Å²) in [5, 5.41) is 9.45. The molecular formula is C17H30N2O. The highest BCUT2D eigenvalue weighted by atomic mass is 16.3. The zero-order valence-corrected chi connectivity index (χ0v) is 13.7. The molecule has 0 saturated heterocycles. The third-order valence-corrected chi connectivity index (χ3v) is 3.11. The molecule has 0 atom stereocenters. The van der Waals surface area contributed by atoms with Crippen molar-refractivity contribution < 1.29 is 5.11 Å². The molecule has 0 saturated carbocycles. The summed E-state index contributed by atoms with van der Waals surface area (Å²) in [5.41, 5.74) is 2.06. The minimum atomic E-state index is 0.0867. The molecule has 20 heavy (non-hydrogen) atoms. The van der Waals surface area contributed by atoms with E-state index in [1.165, 1.54) is 0 Å².